The number of unbranched alkanes of at least 4 members (excludes halogenated alkanes) is 1. The Bertz CT molecular complexity index is 249. The molecule has 15 heavy (non-hydrogen) atoms. The Kier molecular flexibility index (Phi) is 3.54. The fourth-order valence-electron chi connectivity index (χ4n) is 1.28. The van der Waals surface area contributed by atoms with Gasteiger partial charge in [-0.05, 0) is 12.8 Å². The molecule has 0 radical (unpaired) electrons. The highest BCUT2D eigenvalue weighted by Crippen LogP contribution is 2.22. The number of nitrogens with zero attached hydrogens (tertiary/aromatic N) is 1. The Balaban J connectivity index is 2.20. The summed E-state index contributed by atoms with van der Waals surface area (Å²) in [5, 5.41) is 2.29. The van der Waals surface area contributed by atoms with E-state index in [1.165, 1.54) is 0 Å². The van der Waals surface area contributed by atoms with Gasteiger partial charge in [-0.2, -0.15) is 13.2 Å². The van der Waals surface area contributed by atoms with Crippen LogP contribution in [0.1, 0.15) is 19.3 Å². The number of rotatable bonds is 4. The Morgan fingerprint density at radius 1 is 1.27 bits per heavy atom. The monoisotopic (exact) mass is 224 g/mol. The van der Waals surface area contributed by atoms with E-state index in [4.69, 9.17) is 0 Å². The van der Waals surface area contributed by atoms with Gasteiger partial charge in [0.15, 0.2) is 0 Å². The van der Waals surface area contributed by atoms with Crippen molar-refractivity contribution in [1.82, 2.24) is 10.2 Å². The molecule has 0 bridgehead atoms. The molecular weight excluding hydrogens is 213 g/mol. The quantitative estimate of drug-likeness (QED) is 0.577. The summed E-state index contributed by atoms with van der Waals surface area (Å²) in [5.41, 5.74) is 0. The standard InChI is InChI=1S/C8H11F3N2O2/c9-8(10,11)3-1-2-4-13-6(14)5-12-7(13)15/h1-5H2,(H,12,15). The van der Waals surface area contributed by atoms with Crippen molar-refractivity contribution in [2.24, 2.45) is 0 Å². The molecular formula is C8H11F3N2O2. The zero-order valence-corrected chi connectivity index (χ0v) is 7.93. The van der Waals surface area contributed by atoms with Gasteiger partial charge >= 0.3 is 12.2 Å². The summed E-state index contributed by atoms with van der Waals surface area (Å²) in [6, 6.07) is -0.521. The maximum absolute atomic E-state index is 11.7. The molecule has 1 aliphatic heterocycles. The van der Waals surface area contributed by atoms with E-state index in [9.17, 15) is 22.8 Å². The average molecular weight is 224 g/mol. The molecule has 1 rings (SSSR count). The van der Waals surface area contributed by atoms with E-state index in [0.29, 0.717) is 0 Å². The minimum atomic E-state index is -4.17. The highest BCUT2D eigenvalue weighted by atomic mass is 19.4. The number of alkyl halides is 3. The number of carbonyl (C=O) groups excluding carboxylic acids is 2. The van der Waals surface area contributed by atoms with Gasteiger partial charge in [0.25, 0.3) is 0 Å². The maximum Gasteiger partial charge on any atom is 0.389 e. The molecule has 3 amide bonds. The van der Waals surface area contributed by atoms with E-state index < -0.39 is 18.6 Å². The third-order valence-electron chi connectivity index (χ3n) is 2.03. The molecule has 0 saturated carbocycles. The second kappa shape index (κ2) is 4.50. The normalized spacial score (nSPS) is 17.1. The molecule has 0 atom stereocenters. The van der Waals surface area contributed by atoms with E-state index in [-0.39, 0.29) is 31.8 Å². The number of nitrogens with one attached hydrogen (secondary N) is 1. The topological polar surface area (TPSA) is 49.4 Å². The van der Waals surface area contributed by atoms with Gasteiger partial charge in [-0.15, -0.1) is 0 Å². The number of amides is 3. The lowest BCUT2D eigenvalue weighted by atomic mass is 10.2. The first-order valence-corrected chi connectivity index (χ1v) is 4.55. The molecule has 1 heterocycles. The summed E-state index contributed by atoms with van der Waals surface area (Å²) in [7, 11) is 0. The molecule has 86 valence electrons. The zero-order valence-electron chi connectivity index (χ0n) is 7.93. The third-order valence-corrected chi connectivity index (χ3v) is 2.03. The molecule has 0 unspecified atom stereocenters. The Labute approximate surface area is 84.4 Å². The summed E-state index contributed by atoms with van der Waals surface area (Å²) in [5.74, 6) is -0.382. The van der Waals surface area contributed by atoms with Gasteiger partial charge in [0.2, 0.25) is 5.91 Å². The molecule has 0 aromatic rings. The van der Waals surface area contributed by atoms with Gasteiger partial charge in [-0.25, -0.2) is 4.79 Å². The molecule has 1 fully saturated rings. The van der Waals surface area contributed by atoms with Crippen LogP contribution in [-0.2, 0) is 4.79 Å². The molecule has 4 nitrogen and oxygen atoms in total. The van der Waals surface area contributed by atoms with Gasteiger partial charge in [-0.1, -0.05) is 0 Å². The fourth-order valence-corrected chi connectivity index (χ4v) is 1.28. The van der Waals surface area contributed by atoms with Gasteiger partial charge in [-0.3, -0.25) is 9.69 Å². The van der Waals surface area contributed by atoms with Crippen molar-refractivity contribution >= 4 is 11.9 Å². The van der Waals surface area contributed by atoms with E-state index in [2.05, 4.69) is 5.32 Å². The van der Waals surface area contributed by atoms with Crippen molar-refractivity contribution in [3.8, 4) is 0 Å². The van der Waals surface area contributed by atoms with E-state index >= 15 is 0 Å². The number of carbonyl (C=O) groups is 2. The zero-order chi connectivity index (χ0) is 11.5. The molecule has 7 heteroatoms. The van der Waals surface area contributed by atoms with Crippen molar-refractivity contribution in [2.45, 2.75) is 25.4 Å². The first-order valence-electron chi connectivity index (χ1n) is 4.55. The largest absolute Gasteiger partial charge is 0.389 e. The minimum Gasteiger partial charge on any atom is -0.329 e. The fraction of sp³-hybridized carbons (Fsp3) is 0.750. The lowest BCUT2D eigenvalue weighted by Crippen LogP contribution is -2.31. The van der Waals surface area contributed by atoms with Gasteiger partial charge in [0.1, 0.15) is 0 Å². The summed E-state index contributed by atoms with van der Waals surface area (Å²) in [6.07, 6.45) is -4.94. The number of hydrogen-bond acceptors (Lipinski definition) is 2. The highest BCUT2D eigenvalue weighted by Gasteiger charge is 2.29. The Morgan fingerprint density at radius 2 is 1.93 bits per heavy atom. The average Bonchev–Trinajstić information content (AvgIpc) is 2.40. The lowest BCUT2D eigenvalue weighted by Gasteiger charge is -2.12. The summed E-state index contributed by atoms with van der Waals surface area (Å²) in [6.45, 7) is -0.00114. The minimum absolute atomic E-state index is 0.0563. The van der Waals surface area contributed by atoms with Crippen molar-refractivity contribution in [3.63, 3.8) is 0 Å². The van der Waals surface area contributed by atoms with Crippen molar-refractivity contribution in [2.75, 3.05) is 13.1 Å². The van der Waals surface area contributed by atoms with Crippen LogP contribution < -0.4 is 5.32 Å². The van der Waals surface area contributed by atoms with E-state index in [1.54, 1.807) is 0 Å². The van der Waals surface area contributed by atoms with E-state index in [1.807, 2.05) is 0 Å². The molecule has 0 aromatic carbocycles. The van der Waals surface area contributed by atoms with Gasteiger partial charge < -0.3 is 5.32 Å². The van der Waals surface area contributed by atoms with Gasteiger partial charge in [0.05, 0.1) is 6.54 Å². The molecule has 0 aromatic heterocycles. The number of urea groups is 1. The first kappa shape index (κ1) is 11.8. The Hall–Kier alpha value is -1.27. The van der Waals surface area contributed by atoms with Gasteiger partial charge in [0, 0.05) is 13.0 Å². The Morgan fingerprint density at radius 3 is 2.40 bits per heavy atom. The predicted octanol–water partition coefficient (Wildman–Crippen LogP) is 1.27. The van der Waals surface area contributed by atoms with Crippen LogP contribution in [0.3, 0.4) is 0 Å². The molecule has 1 saturated heterocycles. The summed E-state index contributed by atoms with van der Waals surface area (Å²) >= 11 is 0. The lowest BCUT2D eigenvalue weighted by molar-refractivity contribution is -0.135. The van der Waals surface area contributed by atoms with Crippen LogP contribution in [-0.4, -0.2) is 36.1 Å². The second-order valence-corrected chi connectivity index (χ2v) is 3.28. The maximum atomic E-state index is 11.7. The van der Waals surface area contributed by atoms with Crippen molar-refractivity contribution in [1.29, 1.82) is 0 Å². The SMILES string of the molecule is O=C1CNC(=O)N1CCCCC(F)(F)F. The van der Waals surface area contributed by atoms with E-state index in [0.717, 1.165) is 4.90 Å². The predicted molar refractivity (Wildman–Crippen MR) is 45.0 cm³/mol. The molecule has 1 N–H and O–H groups in total. The number of hydrogen-bond donors (Lipinski definition) is 1. The smallest absolute Gasteiger partial charge is 0.329 e. The van der Waals surface area contributed by atoms with Crippen molar-refractivity contribution < 1.29 is 22.8 Å². The number of imide groups is 1. The second-order valence-electron chi connectivity index (χ2n) is 3.28. The van der Waals surface area contributed by atoms with Crippen molar-refractivity contribution in [3.05, 3.63) is 0 Å². The van der Waals surface area contributed by atoms with Crippen LogP contribution in [0.4, 0.5) is 18.0 Å². The third kappa shape index (κ3) is 3.77. The van der Waals surface area contributed by atoms with Crippen LogP contribution in [0.5, 0.6) is 0 Å². The number of halogens is 3. The van der Waals surface area contributed by atoms with Crippen LogP contribution in [0.15, 0.2) is 0 Å². The summed E-state index contributed by atoms with van der Waals surface area (Å²) in [4.78, 5) is 22.9. The highest BCUT2D eigenvalue weighted by molar-refractivity contribution is 6.01. The summed E-state index contributed by atoms with van der Waals surface area (Å²) < 4.78 is 35.2. The van der Waals surface area contributed by atoms with Crippen LogP contribution in [0, 0.1) is 0 Å². The molecule has 1 aliphatic rings. The van der Waals surface area contributed by atoms with Crippen LogP contribution >= 0.6 is 0 Å². The van der Waals surface area contributed by atoms with Crippen LogP contribution in [0.2, 0.25) is 0 Å². The molecule has 0 aliphatic carbocycles. The molecule has 0 spiro atoms. The van der Waals surface area contributed by atoms with Crippen LogP contribution in [0.25, 0.3) is 0 Å². The first-order chi connectivity index (χ1) is 6.90.